The highest BCUT2D eigenvalue weighted by atomic mass is 35.5. The lowest BCUT2D eigenvalue weighted by Crippen LogP contribution is -2.30. The Morgan fingerprint density at radius 3 is 2.39 bits per heavy atom. The highest BCUT2D eigenvalue weighted by Crippen LogP contribution is 2.27. The van der Waals surface area contributed by atoms with Gasteiger partial charge in [0.1, 0.15) is 11.5 Å². The average Bonchev–Trinajstić information content (AvgIpc) is 2.75. The third kappa shape index (κ3) is 5.80. The first-order valence-electron chi connectivity index (χ1n) is 9.12. The molecule has 1 amide bonds. The van der Waals surface area contributed by atoms with Crippen LogP contribution in [0, 0.1) is 10.1 Å². The number of nitro groups is 1. The molecule has 9 heteroatoms. The average molecular weight is 441 g/mol. The van der Waals surface area contributed by atoms with Gasteiger partial charge in [-0.1, -0.05) is 35.9 Å². The number of esters is 1. The van der Waals surface area contributed by atoms with Crippen LogP contribution in [0.3, 0.4) is 0 Å². The zero-order chi connectivity index (χ0) is 22.4. The Morgan fingerprint density at radius 1 is 1.00 bits per heavy atom. The molecule has 0 saturated carbocycles. The number of non-ortho nitro benzene ring substituents is 1. The van der Waals surface area contributed by atoms with Crippen LogP contribution < -0.4 is 10.1 Å². The summed E-state index contributed by atoms with van der Waals surface area (Å²) < 4.78 is 10.9. The van der Waals surface area contributed by atoms with Crippen molar-refractivity contribution in [2.24, 2.45) is 0 Å². The Kier molecular flexibility index (Phi) is 6.84. The lowest BCUT2D eigenvalue weighted by molar-refractivity contribution is -0.384. The molecule has 0 fully saturated rings. The number of benzene rings is 3. The summed E-state index contributed by atoms with van der Waals surface area (Å²) in [7, 11) is 0. The van der Waals surface area contributed by atoms with E-state index in [1.807, 2.05) is 18.2 Å². The van der Waals surface area contributed by atoms with Gasteiger partial charge in [0.25, 0.3) is 11.6 Å². The van der Waals surface area contributed by atoms with Gasteiger partial charge in [-0.15, -0.1) is 0 Å². The van der Waals surface area contributed by atoms with E-state index < -0.39 is 22.9 Å². The molecule has 3 aromatic carbocycles. The number of nitrogens with one attached hydrogen (secondary N) is 1. The van der Waals surface area contributed by atoms with Gasteiger partial charge in [0.15, 0.2) is 6.10 Å². The number of anilines is 1. The van der Waals surface area contributed by atoms with Crippen LogP contribution in [-0.4, -0.2) is 22.9 Å². The number of nitro benzene ring substituents is 1. The van der Waals surface area contributed by atoms with E-state index in [2.05, 4.69) is 5.32 Å². The Morgan fingerprint density at radius 2 is 1.71 bits per heavy atom. The van der Waals surface area contributed by atoms with E-state index >= 15 is 0 Å². The highest BCUT2D eigenvalue weighted by Gasteiger charge is 2.21. The monoisotopic (exact) mass is 440 g/mol. The Labute approximate surface area is 182 Å². The fourth-order valence-electron chi connectivity index (χ4n) is 2.55. The first kappa shape index (κ1) is 21.8. The van der Waals surface area contributed by atoms with E-state index in [4.69, 9.17) is 21.1 Å². The van der Waals surface area contributed by atoms with Crippen molar-refractivity contribution in [2.75, 3.05) is 5.32 Å². The molecule has 1 atom stereocenters. The first-order chi connectivity index (χ1) is 14.8. The van der Waals surface area contributed by atoms with Crippen LogP contribution in [0.25, 0.3) is 0 Å². The SMILES string of the molecule is CC(OC(=O)c1cccc(Oc2ccccc2)c1)C(=O)Nc1ccc([N+](=O)[O-])cc1Cl. The molecule has 0 aliphatic carbocycles. The van der Waals surface area contributed by atoms with E-state index in [-0.39, 0.29) is 22.0 Å². The summed E-state index contributed by atoms with van der Waals surface area (Å²) in [5.41, 5.74) is 0.167. The molecule has 158 valence electrons. The number of halogens is 1. The minimum Gasteiger partial charge on any atom is -0.457 e. The molecule has 0 radical (unpaired) electrons. The molecule has 0 aromatic heterocycles. The lowest BCUT2D eigenvalue weighted by Gasteiger charge is -2.14. The Bertz CT molecular complexity index is 1120. The van der Waals surface area contributed by atoms with Gasteiger partial charge in [-0.25, -0.2) is 4.79 Å². The molecule has 3 aromatic rings. The van der Waals surface area contributed by atoms with E-state index in [0.29, 0.717) is 11.5 Å². The summed E-state index contributed by atoms with van der Waals surface area (Å²) in [5.74, 6) is -0.298. The normalized spacial score (nSPS) is 11.3. The smallest absolute Gasteiger partial charge is 0.339 e. The number of hydrogen-bond acceptors (Lipinski definition) is 6. The molecular weight excluding hydrogens is 424 g/mol. The van der Waals surface area contributed by atoms with Gasteiger partial charge in [-0.2, -0.15) is 0 Å². The van der Waals surface area contributed by atoms with Crippen LogP contribution in [0.4, 0.5) is 11.4 Å². The van der Waals surface area contributed by atoms with Crippen molar-refractivity contribution in [3.63, 3.8) is 0 Å². The van der Waals surface area contributed by atoms with Crippen LogP contribution in [0.1, 0.15) is 17.3 Å². The van der Waals surface area contributed by atoms with Crippen molar-refractivity contribution in [3.8, 4) is 11.5 Å². The van der Waals surface area contributed by atoms with E-state index in [1.165, 1.54) is 31.2 Å². The quantitative estimate of drug-likeness (QED) is 0.306. The fraction of sp³-hybridized carbons (Fsp3) is 0.0909. The fourth-order valence-corrected chi connectivity index (χ4v) is 2.77. The maximum Gasteiger partial charge on any atom is 0.339 e. The van der Waals surface area contributed by atoms with Crippen LogP contribution >= 0.6 is 11.6 Å². The van der Waals surface area contributed by atoms with Crippen molar-refractivity contribution >= 4 is 34.9 Å². The summed E-state index contributed by atoms with van der Waals surface area (Å²) in [6, 6.07) is 19.1. The van der Waals surface area contributed by atoms with E-state index in [0.717, 1.165) is 6.07 Å². The Hall–Kier alpha value is -3.91. The number of ether oxygens (including phenoxy) is 2. The third-order valence-corrected chi connectivity index (χ3v) is 4.44. The number of carbonyl (C=O) groups excluding carboxylic acids is 2. The highest BCUT2D eigenvalue weighted by molar-refractivity contribution is 6.34. The molecule has 0 saturated heterocycles. The van der Waals surface area contributed by atoms with Gasteiger partial charge >= 0.3 is 5.97 Å². The minimum absolute atomic E-state index is 0.00756. The number of carbonyl (C=O) groups is 2. The predicted octanol–water partition coefficient (Wildman–Crippen LogP) is 5.22. The topological polar surface area (TPSA) is 108 Å². The lowest BCUT2D eigenvalue weighted by atomic mass is 10.2. The van der Waals surface area contributed by atoms with Gasteiger partial charge in [0, 0.05) is 12.1 Å². The molecule has 8 nitrogen and oxygen atoms in total. The van der Waals surface area contributed by atoms with E-state index in [1.54, 1.807) is 24.3 Å². The van der Waals surface area contributed by atoms with Crippen molar-refractivity contribution in [2.45, 2.75) is 13.0 Å². The van der Waals surface area contributed by atoms with E-state index in [9.17, 15) is 19.7 Å². The summed E-state index contributed by atoms with van der Waals surface area (Å²) in [5, 5.41) is 13.2. The standard InChI is InChI=1S/C22H17ClN2O6/c1-14(21(26)24-20-11-10-16(25(28)29)13-19(20)23)30-22(27)15-6-5-9-18(12-15)31-17-7-3-2-4-8-17/h2-14H,1H3,(H,24,26). The number of rotatable bonds is 7. The number of amides is 1. The molecule has 1 unspecified atom stereocenters. The molecule has 31 heavy (non-hydrogen) atoms. The second kappa shape index (κ2) is 9.73. The summed E-state index contributed by atoms with van der Waals surface area (Å²) in [6.45, 7) is 1.40. The Balaban J connectivity index is 1.63. The van der Waals surface area contributed by atoms with Gasteiger partial charge in [-0.05, 0) is 43.3 Å². The van der Waals surface area contributed by atoms with Crippen LogP contribution in [0.2, 0.25) is 5.02 Å². The van der Waals surface area contributed by atoms with Gasteiger partial charge in [-0.3, -0.25) is 14.9 Å². The molecule has 0 spiro atoms. The number of hydrogen-bond donors (Lipinski definition) is 1. The maximum atomic E-state index is 12.4. The molecule has 1 N–H and O–H groups in total. The van der Waals surface area contributed by atoms with Crippen LogP contribution in [0.15, 0.2) is 72.8 Å². The summed E-state index contributed by atoms with van der Waals surface area (Å²) in [4.78, 5) is 35.0. The van der Waals surface area contributed by atoms with Crippen molar-refractivity contribution < 1.29 is 24.0 Å². The van der Waals surface area contributed by atoms with Crippen molar-refractivity contribution in [3.05, 3.63) is 93.5 Å². The zero-order valence-electron chi connectivity index (χ0n) is 16.3. The van der Waals surface area contributed by atoms with Crippen LogP contribution in [-0.2, 0) is 9.53 Å². The number of nitrogens with zero attached hydrogens (tertiary/aromatic N) is 1. The van der Waals surface area contributed by atoms with Gasteiger partial charge < -0.3 is 14.8 Å². The van der Waals surface area contributed by atoms with Crippen LogP contribution in [0.5, 0.6) is 11.5 Å². The second-order valence-electron chi connectivity index (χ2n) is 6.40. The van der Waals surface area contributed by atoms with Crippen molar-refractivity contribution in [1.82, 2.24) is 0 Å². The van der Waals surface area contributed by atoms with Gasteiger partial charge in [0.2, 0.25) is 0 Å². The molecule has 0 heterocycles. The maximum absolute atomic E-state index is 12.4. The third-order valence-electron chi connectivity index (χ3n) is 4.12. The largest absolute Gasteiger partial charge is 0.457 e. The molecular formula is C22H17ClN2O6. The first-order valence-corrected chi connectivity index (χ1v) is 9.50. The minimum atomic E-state index is -1.14. The second-order valence-corrected chi connectivity index (χ2v) is 6.81. The zero-order valence-corrected chi connectivity index (χ0v) is 17.0. The van der Waals surface area contributed by atoms with Crippen molar-refractivity contribution in [1.29, 1.82) is 0 Å². The number of para-hydroxylation sites is 1. The van der Waals surface area contributed by atoms with Gasteiger partial charge in [0.05, 0.1) is 21.2 Å². The summed E-state index contributed by atoms with van der Waals surface area (Å²) in [6.07, 6.45) is -1.14. The molecule has 0 bridgehead atoms. The summed E-state index contributed by atoms with van der Waals surface area (Å²) >= 11 is 5.97. The molecule has 0 aliphatic rings. The predicted molar refractivity (Wildman–Crippen MR) is 115 cm³/mol. The molecule has 3 rings (SSSR count). The molecule has 0 aliphatic heterocycles.